The molecule has 6 N–H and O–H groups in total. The molecular formula is H6N2O14S2. The molecule has 0 saturated heterocycles. The largest absolute Gasteiger partial charge is 0.394 e. The van der Waals surface area contributed by atoms with Gasteiger partial charge in [0.2, 0.25) is 0 Å². The van der Waals surface area contributed by atoms with Crippen LogP contribution in [0.2, 0.25) is 0 Å². The summed E-state index contributed by atoms with van der Waals surface area (Å²) in [6.45, 7) is 0. The van der Waals surface area contributed by atoms with Gasteiger partial charge in [0.1, 0.15) is 0 Å². The van der Waals surface area contributed by atoms with Gasteiger partial charge >= 0.3 is 20.8 Å². The highest BCUT2D eigenvalue weighted by atomic mass is 32.3. The lowest BCUT2D eigenvalue weighted by molar-refractivity contribution is -0.742. The molecule has 0 amide bonds. The molecule has 0 unspecified atom stereocenters. The zero-order valence-electron chi connectivity index (χ0n) is 7.66. The van der Waals surface area contributed by atoms with Crippen molar-refractivity contribution in [3.8, 4) is 0 Å². The molecular weight excluding hydrogens is 316 g/mol. The molecule has 0 aromatic rings. The smallest absolute Gasteiger partial charge is 0.328 e. The Morgan fingerprint density at radius 1 is 0.667 bits per heavy atom. The van der Waals surface area contributed by atoms with Gasteiger partial charge in [-0.15, -0.1) is 20.2 Å². The van der Waals surface area contributed by atoms with Crippen molar-refractivity contribution in [1.29, 1.82) is 0 Å². The highest BCUT2D eigenvalue weighted by Gasteiger charge is 1.85. The summed E-state index contributed by atoms with van der Waals surface area (Å²) in [4.78, 5) is 16.7. The molecule has 18 heavy (non-hydrogen) atoms. The van der Waals surface area contributed by atoms with Crippen molar-refractivity contribution in [3.05, 3.63) is 20.2 Å². The van der Waals surface area contributed by atoms with Crippen LogP contribution >= 0.6 is 0 Å². The number of rotatable bonds is 0. The Morgan fingerprint density at radius 2 is 0.667 bits per heavy atom. The van der Waals surface area contributed by atoms with E-state index in [1.807, 2.05) is 0 Å². The minimum absolute atomic E-state index is 1.50. The molecule has 0 atom stereocenters. The summed E-state index contributed by atoms with van der Waals surface area (Å²) in [5.41, 5.74) is 0. The lowest BCUT2D eigenvalue weighted by atomic mass is 13.1. The van der Waals surface area contributed by atoms with Crippen molar-refractivity contribution in [2.45, 2.75) is 0 Å². The summed E-state index contributed by atoms with van der Waals surface area (Å²) < 4.78 is 63.2. The van der Waals surface area contributed by atoms with Gasteiger partial charge in [0, 0.05) is 0 Å². The van der Waals surface area contributed by atoms with E-state index in [1.165, 1.54) is 0 Å². The van der Waals surface area contributed by atoms with Crippen molar-refractivity contribution in [1.82, 2.24) is 0 Å². The van der Waals surface area contributed by atoms with E-state index in [-0.39, 0.29) is 0 Å². The molecule has 0 radical (unpaired) electrons. The molecule has 16 nitrogen and oxygen atoms in total. The molecule has 0 aliphatic carbocycles. The van der Waals surface area contributed by atoms with Crippen LogP contribution in [-0.4, -0.2) is 55.6 Å². The number of hydrogen-bond donors (Lipinski definition) is 6. The van der Waals surface area contributed by atoms with Gasteiger partial charge in [-0.05, 0) is 0 Å². The fourth-order valence-corrected chi connectivity index (χ4v) is 0. The van der Waals surface area contributed by atoms with Gasteiger partial charge in [-0.25, -0.2) is 0 Å². The van der Waals surface area contributed by atoms with Gasteiger partial charge in [0.25, 0.3) is 10.2 Å². The minimum atomic E-state index is -4.67. The van der Waals surface area contributed by atoms with Gasteiger partial charge in [0.15, 0.2) is 0 Å². The molecule has 0 aromatic heterocycles. The van der Waals surface area contributed by atoms with Gasteiger partial charge < -0.3 is 10.4 Å². The maximum absolute atomic E-state index is 8.74. The fraction of sp³-hybridized carbons (Fsp3) is 0. The summed E-state index contributed by atoms with van der Waals surface area (Å²) in [6, 6.07) is 0. The molecule has 0 rings (SSSR count). The topological polar surface area (TPSA) is 276 Å². The van der Waals surface area contributed by atoms with E-state index < -0.39 is 31.0 Å². The maximum Gasteiger partial charge on any atom is 0.394 e. The molecule has 0 spiro atoms. The molecule has 0 aromatic carbocycles. The van der Waals surface area contributed by atoms with E-state index in [2.05, 4.69) is 0 Å². The predicted octanol–water partition coefficient (Wildman–Crippen LogP) is -2.00. The molecule has 0 bridgehead atoms. The van der Waals surface area contributed by atoms with E-state index in [4.69, 9.17) is 65.7 Å². The summed E-state index contributed by atoms with van der Waals surface area (Å²) in [5.74, 6) is 0. The van der Waals surface area contributed by atoms with E-state index in [0.29, 0.717) is 0 Å². The predicted molar refractivity (Wildman–Crippen MR) is 45.9 cm³/mol. The second-order valence-electron chi connectivity index (χ2n) is 1.37. The van der Waals surface area contributed by atoms with Crippen molar-refractivity contribution in [2.24, 2.45) is 0 Å². The second kappa shape index (κ2) is 11.6. The molecule has 112 valence electrons. The third-order valence-electron chi connectivity index (χ3n) is 0. The number of nitrogens with zero attached hydrogens (tertiary/aromatic N) is 2. The quantitative estimate of drug-likeness (QED) is 0.160. The summed E-state index contributed by atoms with van der Waals surface area (Å²) in [7, 11) is -9.33. The van der Waals surface area contributed by atoms with Gasteiger partial charge in [-0.2, -0.15) is 16.8 Å². The van der Waals surface area contributed by atoms with E-state index in [1.54, 1.807) is 0 Å². The summed E-state index contributed by atoms with van der Waals surface area (Å²) >= 11 is 0. The van der Waals surface area contributed by atoms with Crippen molar-refractivity contribution in [2.75, 3.05) is 0 Å². The SMILES string of the molecule is O=S(=O)(O)O.O=S(=O)(O)O.O=[N+]([O-])O.O=[N+]([O-])O. The normalized spacial score (nSPS) is 9.11. The van der Waals surface area contributed by atoms with Crippen LogP contribution in [-0.2, 0) is 20.8 Å². The first-order valence-electron chi connectivity index (χ1n) is 2.53. The van der Waals surface area contributed by atoms with Gasteiger partial charge in [0.05, 0.1) is 0 Å². The van der Waals surface area contributed by atoms with Crippen LogP contribution in [0.5, 0.6) is 0 Å². The first-order valence-corrected chi connectivity index (χ1v) is 5.32. The average Bonchev–Trinajstić information content (AvgIpc) is 1.70. The highest BCUT2D eigenvalue weighted by Crippen LogP contribution is 1.59. The first-order chi connectivity index (χ1) is 7.46. The first kappa shape index (κ1) is 25.1. The third kappa shape index (κ3) is 706. The monoisotopic (exact) mass is 322 g/mol. The van der Waals surface area contributed by atoms with Crippen LogP contribution in [0, 0.1) is 20.2 Å². The Bertz CT molecular complexity index is 345. The number of hydrogen-bond acceptors (Lipinski definition) is 8. The van der Waals surface area contributed by atoms with Crippen LogP contribution in [0.3, 0.4) is 0 Å². The lowest BCUT2D eigenvalue weighted by Crippen LogP contribution is -1.89. The molecule has 0 saturated carbocycles. The van der Waals surface area contributed by atoms with Crippen LogP contribution in [0.15, 0.2) is 0 Å². The standard InChI is InChI=1S/2HNO3.2H2O4S/c2*2-1(3)4;2*1-5(2,3)4/h2*(H,2,3,4);2*(H2,1,2,3,4). The van der Waals surface area contributed by atoms with E-state index in [0.717, 1.165) is 0 Å². The van der Waals surface area contributed by atoms with Crippen LogP contribution in [0.25, 0.3) is 0 Å². The molecule has 0 heterocycles. The van der Waals surface area contributed by atoms with Gasteiger partial charge in [-0.1, -0.05) is 0 Å². The summed E-state index contributed by atoms with van der Waals surface area (Å²) in [6.07, 6.45) is 0. The minimum Gasteiger partial charge on any atom is -0.328 e. The van der Waals surface area contributed by atoms with Gasteiger partial charge in [-0.3, -0.25) is 18.2 Å². The Balaban J connectivity index is -0.0000000731. The Kier molecular flexibility index (Phi) is 16.2. The molecule has 18 heteroatoms. The Labute approximate surface area is 97.5 Å². The third-order valence-corrected chi connectivity index (χ3v) is 0. The molecule has 0 aliphatic rings. The highest BCUT2D eigenvalue weighted by molar-refractivity contribution is 7.80. The van der Waals surface area contributed by atoms with Crippen LogP contribution < -0.4 is 0 Å². The van der Waals surface area contributed by atoms with Crippen LogP contribution in [0.4, 0.5) is 0 Å². The van der Waals surface area contributed by atoms with Crippen molar-refractivity contribution in [3.63, 3.8) is 0 Å². The Hall–Kier alpha value is -1.86. The van der Waals surface area contributed by atoms with Crippen molar-refractivity contribution >= 4 is 20.8 Å². The van der Waals surface area contributed by atoms with E-state index >= 15 is 0 Å². The zero-order valence-corrected chi connectivity index (χ0v) is 9.29. The van der Waals surface area contributed by atoms with Crippen molar-refractivity contribution < 1.29 is 55.6 Å². The molecule has 0 aliphatic heterocycles. The lowest BCUT2D eigenvalue weighted by Gasteiger charge is -1.68. The maximum atomic E-state index is 8.74. The second-order valence-corrected chi connectivity index (χ2v) is 3.16. The van der Waals surface area contributed by atoms with E-state index in [9.17, 15) is 0 Å². The van der Waals surface area contributed by atoms with Crippen LogP contribution in [0.1, 0.15) is 0 Å². The average molecular weight is 322 g/mol. The summed E-state index contributed by atoms with van der Waals surface area (Å²) in [5, 5.41) is 27.3. The zero-order chi connectivity index (χ0) is 16.2. The Morgan fingerprint density at radius 3 is 0.667 bits per heavy atom. The fourth-order valence-electron chi connectivity index (χ4n) is 0. The molecule has 0 fully saturated rings.